The van der Waals surface area contributed by atoms with E-state index in [0.717, 1.165) is 0 Å². The van der Waals surface area contributed by atoms with Crippen molar-refractivity contribution in [3.8, 4) is 11.5 Å². The summed E-state index contributed by atoms with van der Waals surface area (Å²) in [6.45, 7) is 0. The molecular formula is C8H4FIN2O. The molecule has 0 bridgehead atoms. The Labute approximate surface area is 87.1 Å². The normalized spacial score (nSPS) is 10.3. The van der Waals surface area contributed by atoms with Gasteiger partial charge in [0.15, 0.2) is 0 Å². The van der Waals surface area contributed by atoms with Crippen LogP contribution in [0.1, 0.15) is 0 Å². The summed E-state index contributed by atoms with van der Waals surface area (Å²) >= 11 is 1.90. The van der Waals surface area contributed by atoms with Crippen LogP contribution in [-0.4, -0.2) is 10.2 Å². The van der Waals surface area contributed by atoms with Crippen molar-refractivity contribution in [3.63, 3.8) is 0 Å². The van der Waals surface area contributed by atoms with Gasteiger partial charge in [0.1, 0.15) is 5.82 Å². The second-order valence-electron chi connectivity index (χ2n) is 2.37. The zero-order chi connectivity index (χ0) is 9.26. The minimum Gasteiger partial charge on any atom is -0.412 e. The summed E-state index contributed by atoms with van der Waals surface area (Å²) in [7, 11) is 0. The molecule has 0 aliphatic heterocycles. The Bertz CT molecular complexity index is 430. The first-order valence-corrected chi connectivity index (χ1v) is 4.58. The van der Waals surface area contributed by atoms with Crippen LogP contribution in [0.4, 0.5) is 4.39 Å². The van der Waals surface area contributed by atoms with Crippen LogP contribution in [0.2, 0.25) is 0 Å². The van der Waals surface area contributed by atoms with Gasteiger partial charge in [0.25, 0.3) is 3.90 Å². The summed E-state index contributed by atoms with van der Waals surface area (Å²) in [5, 5.41) is 7.41. The Balaban J connectivity index is 2.46. The average Bonchev–Trinajstić information content (AvgIpc) is 2.52. The molecule has 0 amide bonds. The molecule has 1 aromatic carbocycles. The van der Waals surface area contributed by atoms with E-state index in [1.807, 2.05) is 22.6 Å². The van der Waals surface area contributed by atoms with Crippen LogP contribution in [0.5, 0.6) is 0 Å². The van der Waals surface area contributed by atoms with E-state index in [0.29, 0.717) is 15.4 Å². The largest absolute Gasteiger partial charge is 0.412 e. The Hall–Kier alpha value is -0.980. The topological polar surface area (TPSA) is 38.9 Å². The van der Waals surface area contributed by atoms with E-state index in [9.17, 15) is 4.39 Å². The minimum atomic E-state index is -0.314. The van der Waals surface area contributed by atoms with Crippen molar-refractivity contribution in [3.05, 3.63) is 34.0 Å². The zero-order valence-electron chi connectivity index (χ0n) is 6.37. The van der Waals surface area contributed by atoms with Crippen LogP contribution < -0.4 is 0 Å². The molecule has 0 aliphatic carbocycles. The molecule has 0 saturated carbocycles. The lowest BCUT2D eigenvalue weighted by Crippen LogP contribution is -1.79. The van der Waals surface area contributed by atoms with Crippen molar-refractivity contribution >= 4 is 22.6 Å². The maximum atomic E-state index is 12.8. The number of nitrogens with zero attached hydrogens (tertiary/aromatic N) is 2. The second kappa shape index (κ2) is 3.41. The number of rotatable bonds is 1. The third-order valence-corrected chi connectivity index (χ3v) is 1.91. The van der Waals surface area contributed by atoms with Gasteiger partial charge in [-0.2, -0.15) is 0 Å². The molecule has 2 aromatic rings. The van der Waals surface area contributed by atoms with Crippen LogP contribution in [0.15, 0.2) is 28.7 Å². The molecule has 0 unspecified atom stereocenters. The summed E-state index contributed by atoms with van der Waals surface area (Å²) in [6.07, 6.45) is 0. The van der Waals surface area contributed by atoms with Gasteiger partial charge in [0.2, 0.25) is 5.89 Å². The molecule has 0 radical (unpaired) electrons. The van der Waals surface area contributed by atoms with Crippen LogP contribution in [0, 0.1) is 9.71 Å². The summed E-state index contributed by atoms with van der Waals surface area (Å²) < 4.78 is 18.3. The molecule has 66 valence electrons. The fourth-order valence-corrected chi connectivity index (χ4v) is 1.26. The Morgan fingerprint density at radius 1 is 1.31 bits per heavy atom. The fraction of sp³-hybridized carbons (Fsp3) is 0. The Morgan fingerprint density at radius 3 is 2.77 bits per heavy atom. The molecule has 0 aliphatic rings. The van der Waals surface area contributed by atoms with Gasteiger partial charge in [-0.3, -0.25) is 0 Å². The van der Waals surface area contributed by atoms with Gasteiger partial charge in [-0.1, -0.05) is 6.07 Å². The SMILES string of the molecule is Fc1cccc(-c2nnc(I)o2)c1. The molecule has 13 heavy (non-hydrogen) atoms. The van der Waals surface area contributed by atoms with Crippen LogP contribution in [0.3, 0.4) is 0 Å². The summed E-state index contributed by atoms with van der Waals surface area (Å²) in [4.78, 5) is 0. The molecule has 1 aromatic heterocycles. The summed E-state index contributed by atoms with van der Waals surface area (Å²) in [5.41, 5.74) is 0.593. The molecule has 0 spiro atoms. The van der Waals surface area contributed by atoms with Crippen LogP contribution in [-0.2, 0) is 0 Å². The smallest absolute Gasteiger partial charge is 0.278 e. The highest BCUT2D eigenvalue weighted by atomic mass is 127. The van der Waals surface area contributed by atoms with E-state index in [2.05, 4.69) is 10.2 Å². The monoisotopic (exact) mass is 290 g/mol. The third kappa shape index (κ3) is 1.85. The highest BCUT2D eigenvalue weighted by Crippen LogP contribution is 2.18. The van der Waals surface area contributed by atoms with Gasteiger partial charge in [0, 0.05) is 28.2 Å². The number of halogens is 2. The fourth-order valence-electron chi connectivity index (χ4n) is 0.943. The third-order valence-electron chi connectivity index (χ3n) is 1.47. The lowest BCUT2D eigenvalue weighted by atomic mass is 10.2. The van der Waals surface area contributed by atoms with Gasteiger partial charge in [-0.05, 0) is 18.2 Å². The standard InChI is InChI=1S/C8H4FIN2O/c9-6-3-1-2-5(4-6)7-11-12-8(10)13-7/h1-4H. The predicted octanol–water partition coefficient (Wildman–Crippen LogP) is 2.48. The van der Waals surface area contributed by atoms with E-state index in [-0.39, 0.29) is 5.82 Å². The zero-order valence-corrected chi connectivity index (χ0v) is 8.53. The van der Waals surface area contributed by atoms with Crippen molar-refractivity contribution in [2.45, 2.75) is 0 Å². The van der Waals surface area contributed by atoms with Crippen molar-refractivity contribution in [1.29, 1.82) is 0 Å². The average molecular weight is 290 g/mol. The van der Waals surface area contributed by atoms with Gasteiger partial charge < -0.3 is 4.42 Å². The quantitative estimate of drug-likeness (QED) is 0.757. The lowest BCUT2D eigenvalue weighted by molar-refractivity contribution is 0.536. The number of aromatic nitrogens is 2. The van der Waals surface area contributed by atoms with Gasteiger partial charge >= 0.3 is 0 Å². The number of hydrogen-bond donors (Lipinski definition) is 0. The molecule has 0 saturated heterocycles. The molecule has 3 nitrogen and oxygen atoms in total. The van der Waals surface area contributed by atoms with E-state index < -0.39 is 0 Å². The van der Waals surface area contributed by atoms with E-state index >= 15 is 0 Å². The van der Waals surface area contributed by atoms with Crippen LogP contribution in [0.25, 0.3) is 11.5 Å². The lowest BCUT2D eigenvalue weighted by Gasteiger charge is -1.92. The van der Waals surface area contributed by atoms with Crippen molar-refractivity contribution in [2.24, 2.45) is 0 Å². The van der Waals surface area contributed by atoms with E-state index in [4.69, 9.17) is 4.42 Å². The van der Waals surface area contributed by atoms with Gasteiger partial charge in [0.05, 0.1) is 0 Å². The van der Waals surface area contributed by atoms with Gasteiger partial charge in [-0.25, -0.2) is 4.39 Å². The first-order chi connectivity index (χ1) is 6.25. The second-order valence-corrected chi connectivity index (χ2v) is 3.29. The maximum absolute atomic E-state index is 12.8. The van der Waals surface area contributed by atoms with Gasteiger partial charge in [-0.15, -0.1) is 10.2 Å². The molecular weight excluding hydrogens is 286 g/mol. The first kappa shape index (κ1) is 8.61. The molecule has 5 heteroatoms. The van der Waals surface area contributed by atoms with Crippen LogP contribution >= 0.6 is 22.6 Å². The van der Waals surface area contributed by atoms with E-state index in [1.165, 1.54) is 12.1 Å². The number of hydrogen-bond acceptors (Lipinski definition) is 3. The molecule has 0 N–H and O–H groups in total. The first-order valence-electron chi connectivity index (χ1n) is 3.50. The molecule has 1 heterocycles. The Kier molecular flexibility index (Phi) is 2.26. The van der Waals surface area contributed by atoms with Crippen molar-refractivity contribution < 1.29 is 8.81 Å². The number of benzene rings is 1. The highest BCUT2D eigenvalue weighted by Gasteiger charge is 2.06. The van der Waals surface area contributed by atoms with Crippen molar-refractivity contribution in [1.82, 2.24) is 10.2 Å². The summed E-state index contributed by atoms with van der Waals surface area (Å²) in [5.74, 6) is 0.0228. The molecule has 0 fully saturated rings. The molecule has 0 atom stereocenters. The molecule has 2 rings (SSSR count). The minimum absolute atomic E-state index is 0.314. The predicted molar refractivity (Wildman–Crippen MR) is 52.4 cm³/mol. The summed E-state index contributed by atoms with van der Waals surface area (Å²) in [6, 6.07) is 6.03. The van der Waals surface area contributed by atoms with Crippen molar-refractivity contribution in [2.75, 3.05) is 0 Å². The Morgan fingerprint density at radius 2 is 2.15 bits per heavy atom. The van der Waals surface area contributed by atoms with E-state index in [1.54, 1.807) is 12.1 Å². The maximum Gasteiger partial charge on any atom is 0.278 e. The highest BCUT2D eigenvalue weighted by molar-refractivity contribution is 14.1.